The number of ketones is 1. The molecule has 3 aromatic rings. The third-order valence-corrected chi connectivity index (χ3v) is 4.69. The van der Waals surface area contributed by atoms with Gasteiger partial charge in [0.1, 0.15) is 0 Å². The largest absolute Gasteiger partial charge is 0.337 e. The molecule has 0 bridgehead atoms. The van der Waals surface area contributed by atoms with Gasteiger partial charge in [-0.1, -0.05) is 30.3 Å². The van der Waals surface area contributed by atoms with Gasteiger partial charge < -0.3 is 4.90 Å². The summed E-state index contributed by atoms with van der Waals surface area (Å²) in [5.41, 5.74) is 4.60. The molecule has 0 fully saturated rings. The fraction of sp³-hybridized carbons (Fsp3) is 0.174. The molecule has 0 atom stereocenters. The van der Waals surface area contributed by atoms with Crippen molar-refractivity contribution in [2.75, 3.05) is 7.05 Å². The summed E-state index contributed by atoms with van der Waals surface area (Å²) in [5, 5.41) is 0. The maximum atomic E-state index is 13.0. The van der Waals surface area contributed by atoms with Gasteiger partial charge in [-0.2, -0.15) is 0 Å². The lowest BCUT2D eigenvalue weighted by Crippen LogP contribution is -2.28. The normalized spacial score (nSPS) is 10.5. The third-order valence-electron chi connectivity index (χ3n) is 4.69. The molecule has 4 nitrogen and oxygen atoms in total. The van der Waals surface area contributed by atoms with Crippen molar-refractivity contribution in [1.29, 1.82) is 0 Å². The Morgan fingerprint density at radius 1 is 0.889 bits per heavy atom. The molecule has 0 saturated heterocycles. The van der Waals surface area contributed by atoms with Crippen molar-refractivity contribution in [2.24, 2.45) is 0 Å². The van der Waals surface area contributed by atoms with Crippen molar-refractivity contribution >= 4 is 11.7 Å². The van der Waals surface area contributed by atoms with Crippen molar-refractivity contribution in [1.82, 2.24) is 9.88 Å². The highest BCUT2D eigenvalue weighted by atomic mass is 16.2. The SMILES string of the molecule is Cc1ccc(C(=O)c2ccccc2C(=O)N(C)Cc2ccncc2)cc1C. The van der Waals surface area contributed by atoms with Crippen molar-refractivity contribution in [3.05, 3.63) is 100 Å². The highest BCUT2D eigenvalue weighted by Gasteiger charge is 2.21. The quantitative estimate of drug-likeness (QED) is 0.642. The number of amides is 1. The molecule has 3 rings (SSSR count). The first-order valence-electron chi connectivity index (χ1n) is 8.82. The van der Waals surface area contributed by atoms with Crippen LogP contribution in [0.25, 0.3) is 0 Å². The number of hydrogen-bond acceptors (Lipinski definition) is 3. The van der Waals surface area contributed by atoms with Gasteiger partial charge >= 0.3 is 0 Å². The minimum atomic E-state index is -0.181. The zero-order valence-electron chi connectivity index (χ0n) is 15.8. The van der Waals surface area contributed by atoms with Crippen LogP contribution in [0.4, 0.5) is 0 Å². The number of hydrogen-bond donors (Lipinski definition) is 0. The van der Waals surface area contributed by atoms with E-state index < -0.39 is 0 Å². The van der Waals surface area contributed by atoms with Crippen LogP contribution in [0.1, 0.15) is 43.0 Å². The number of carbonyl (C=O) groups excluding carboxylic acids is 2. The van der Waals surface area contributed by atoms with Gasteiger partial charge in [0.05, 0.1) is 5.56 Å². The monoisotopic (exact) mass is 358 g/mol. The predicted molar refractivity (Wildman–Crippen MR) is 106 cm³/mol. The Balaban J connectivity index is 1.89. The fourth-order valence-corrected chi connectivity index (χ4v) is 2.95. The highest BCUT2D eigenvalue weighted by molar-refractivity contribution is 6.15. The molecule has 0 N–H and O–H groups in total. The summed E-state index contributed by atoms with van der Waals surface area (Å²) in [7, 11) is 1.74. The van der Waals surface area contributed by atoms with Gasteiger partial charge in [-0.05, 0) is 54.8 Å². The Hall–Kier alpha value is -3.27. The van der Waals surface area contributed by atoms with Crippen LogP contribution in [0.15, 0.2) is 67.0 Å². The second-order valence-corrected chi connectivity index (χ2v) is 6.69. The highest BCUT2D eigenvalue weighted by Crippen LogP contribution is 2.19. The van der Waals surface area contributed by atoms with Gasteiger partial charge in [0.15, 0.2) is 5.78 Å². The molecule has 1 aromatic heterocycles. The summed E-state index contributed by atoms with van der Waals surface area (Å²) in [6.45, 7) is 4.44. The molecule has 4 heteroatoms. The van der Waals surface area contributed by atoms with Gasteiger partial charge in [0, 0.05) is 37.1 Å². The van der Waals surface area contributed by atoms with E-state index in [0.717, 1.165) is 16.7 Å². The number of aromatic nitrogens is 1. The van der Waals surface area contributed by atoms with E-state index in [1.54, 1.807) is 48.6 Å². The molecule has 0 aliphatic rings. The summed E-state index contributed by atoms with van der Waals surface area (Å²) in [6, 6.07) is 16.4. The topological polar surface area (TPSA) is 50.3 Å². The van der Waals surface area contributed by atoms with Crippen molar-refractivity contribution in [3.63, 3.8) is 0 Å². The van der Waals surface area contributed by atoms with Gasteiger partial charge in [-0.15, -0.1) is 0 Å². The minimum Gasteiger partial charge on any atom is -0.337 e. The van der Waals surface area contributed by atoms with Crippen LogP contribution < -0.4 is 0 Å². The molecule has 2 aromatic carbocycles. The number of pyridine rings is 1. The van der Waals surface area contributed by atoms with E-state index in [4.69, 9.17) is 0 Å². The van der Waals surface area contributed by atoms with Crippen LogP contribution in [0.5, 0.6) is 0 Å². The van der Waals surface area contributed by atoms with Crippen molar-refractivity contribution in [3.8, 4) is 0 Å². The second-order valence-electron chi connectivity index (χ2n) is 6.69. The molecule has 1 heterocycles. The molecule has 0 radical (unpaired) electrons. The van der Waals surface area contributed by atoms with E-state index in [9.17, 15) is 9.59 Å². The lowest BCUT2D eigenvalue weighted by molar-refractivity contribution is 0.0780. The van der Waals surface area contributed by atoms with Crippen LogP contribution in [0.2, 0.25) is 0 Å². The molecule has 136 valence electrons. The van der Waals surface area contributed by atoms with Crippen molar-refractivity contribution < 1.29 is 9.59 Å². The number of rotatable bonds is 5. The van der Waals surface area contributed by atoms with E-state index in [-0.39, 0.29) is 11.7 Å². The standard InChI is InChI=1S/C23H22N2O2/c1-16-8-9-19(14-17(16)2)22(26)20-6-4-5-7-21(20)23(27)25(3)15-18-10-12-24-13-11-18/h4-14H,15H2,1-3H3. The summed E-state index contributed by atoms with van der Waals surface area (Å²) < 4.78 is 0. The molecular formula is C23H22N2O2. The molecule has 0 aliphatic carbocycles. The number of nitrogens with zero attached hydrogens (tertiary/aromatic N) is 2. The lowest BCUT2D eigenvalue weighted by atomic mass is 9.95. The van der Waals surface area contributed by atoms with E-state index in [0.29, 0.717) is 23.2 Å². The Morgan fingerprint density at radius 3 is 2.22 bits per heavy atom. The molecule has 27 heavy (non-hydrogen) atoms. The molecule has 0 spiro atoms. The van der Waals surface area contributed by atoms with E-state index in [1.807, 2.05) is 44.2 Å². The Morgan fingerprint density at radius 2 is 1.56 bits per heavy atom. The predicted octanol–water partition coefficient (Wildman–Crippen LogP) is 4.20. The van der Waals surface area contributed by atoms with Crippen LogP contribution in [0.3, 0.4) is 0 Å². The number of carbonyl (C=O) groups is 2. The van der Waals surface area contributed by atoms with Crippen LogP contribution in [0, 0.1) is 13.8 Å². The second kappa shape index (κ2) is 7.96. The van der Waals surface area contributed by atoms with Gasteiger partial charge in [0.2, 0.25) is 0 Å². The smallest absolute Gasteiger partial charge is 0.254 e. The Kier molecular flexibility index (Phi) is 5.46. The van der Waals surface area contributed by atoms with Crippen LogP contribution >= 0.6 is 0 Å². The molecule has 0 aliphatic heterocycles. The van der Waals surface area contributed by atoms with E-state index >= 15 is 0 Å². The van der Waals surface area contributed by atoms with E-state index in [2.05, 4.69) is 4.98 Å². The Labute approximate surface area is 159 Å². The van der Waals surface area contributed by atoms with Gasteiger partial charge in [-0.25, -0.2) is 0 Å². The lowest BCUT2D eigenvalue weighted by Gasteiger charge is -2.19. The average Bonchev–Trinajstić information content (AvgIpc) is 2.69. The maximum absolute atomic E-state index is 13.0. The molecule has 1 amide bonds. The summed E-state index contributed by atoms with van der Waals surface area (Å²) >= 11 is 0. The third kappa shape index (κ3) is 4.11. The summed E-state index contributed by atoms with van der Waals surface area (Å²) in [6.07, 6.45) is 3.40. The van der Waals surface area contributed by atoms with Crippen LogP contribution in [-0.4, -0.2) is 28.6 Å². The van der Waals surface area contributed by atoms with Crippen molar-refractivity contribution in [2.45, 2.75) is 20.4 Å². The first-order valence-corrected chi connectivity index (χ1v) is 8.82. The molecular weight excluding hydrogens is 336 g/mol. The zero-order valence-corrected chi connectivity index (χ0v) is 15.8. The van der Waals surface area contributed by atoms with Gasteiger partial charge in [0.25, 0.3) is 5.91 Å². The first-order chi connectivity index (χ1) is 13.0. The number of aryl methyl sites for hydroxylation is 2. The Bertz CT molecular complexity index is 981. The first kappa shape index (κ1) is 18.5. The number of benzene rings is 2. The molecule has 0 unspecified atom stereocenters. The summed E-state index contributed by atoms with van der Waals surface area (Å²) in [5.74, 6) is -0.320. The zero-order chi connectivity index (χ0) is 19.4. The maximum Gasteiger partial charge on any atom is 0.254 e. The van der Waals surface area contributed by atoms with Gasteiger partial charge in [-0.3, -0.25) is 14.6 Å². The average molecular weight is 358 g/mol. The minimum absolute atomic E-state index is 0.139. The summed E-state index contributed by atoms with van der Waals surface area (Å²) in [4.78, 5) is 31.6. The van der Waals surface area contributed by atoms with Crippen LogP contribution in [-0.2, 0) is 6.54 Å². The fourth-order valence-electron chi connectivity index (χ4n) is 2.95. The van der Waals surface area contributed by atoms with E-state index in [1.165, 1.54) is 0 Å². The molecule has 0 saturated carbocycles.